The average Bonchev–Trinajstić information content (AvgIpc) is 0.722. The molecule has 0 aromatic rings. The molecule has 0 saturated carbocycles. The number of rotatable bonds is 0. The Kier molecular flexibility index (Phi) is 1.37. The van der Waals surface area contributed by atoms with Crippen LogP contribution in [-0.4, -0.2) is 13.0 Å². The zero-order valence-electron chi connectivity index (χ0n) is 1.97. The fraction of sp³-hybridized carbons (Fsp3) is 0. The maximum atomic E-state index is 8.99. The quantitative estimate of drug-likeness (QED) is 0.363. The predicted octanol–water partition coefficient (Wildman–Crippen LogP) is -0.664. The van der Waals surface area contributed by atoms with Crippen molar-refractivity contribution in [1.29, 1.82) is 0 Å². The fourth-order valence-electron chi connectivity index (χ4n) is 0. The van der Waals surface area contributed by atoms with Gasteiger partial charge in [0.2, 0.25) is 0 Å². The Hall–Kier alpha value is 0.429. The average molecular weight is 145 g/mol. The molecule has 0 amide bonds. The van der Waals surface area contributed by atoms with Crippen LogP contribution in [0.2, 0.25) is 0 Å². The van der Waals surface area contributed by atoms with Crippen LogP contribution in [-0.2, 0) is 23.4 Å². The van der Waals surface area contributed by atoms with Gasteiger partial charge in [-0.05, 0) is 0 Å². The van der Waals surface area contributed by atoms with Crippen molar-refractivity contribution in [3.05, 3.63) is 0 Å². The van der Waals surface area contributed by atoms with Crippen LogP contribution >= 0.6 is 0 Å². The summed E-state index contributed by atoms with van der Waals surface area (Å²) in [7, 11) is -4.10. The molecule has 0 aliphatic rings. The molecule has 0 aliphatic carbocycles. The Bertz CT molecular complexity index is 90.1. The normalized spacial score (nSPS) is 11.8. The van der Waals surface area contributed by atoms with Crippen LogP contribution in [0, 0.1) is 0 Å². The van der Waals surface area contributed by atoms with E-state index in [1.54, 1.807) is 0 Å². The molecule has 0 spiro atoms. The molecule has 0 atom stereocenters. The summed E-state index contributed by atoms with van der Waals surface area (Å²) >= 11 is 3.49. The first-order chi connectivity index (χ1) is 2.00. The van der Waals surface area contributed by atoms with Gasteiger partial charge in [-0.25, -0.2) is 0 Å². The Morgan fingerprint density at radius 1 is 1.60 bits per heavy atom. The second-order valence-electron chi connectivity index (χ2n) is 0.373. The molecule has 0 heterocycles. The Morgan fingerprint density at radius 3 is 1.60 bits per heavy atom. The van der Waals surface area contributed by atoms with Gasteiger partial charge in [-0.15, -0.1) is 0 Å². The molecule has 0 saturated heterocycles. The van der Waals surface area contributed by atoms with Crippen LogP contribution in [0.15, 0.2) is 0 Å². The minimum absolute atomic E-state index is 3.49. The zero-order valence-corrected chi connectivity index (χ0v) is 3.73. The summed E-state index contributed by atoms with van der Waals surface area (Å²) in [5, 5.41) is 0. The van der Waals surface area contributed by atoms with E-state index in [-0.39, 0.29) is 0 Å². The third kappa shape index (κ3) is 142. The summed E-state index contributed by atoms with van der Waals surface area (Å²) in [5.74, 6) is 0. The number of hydrogen-bond donors (Lipinski definition) is 1. The van der Waals surface area contributed by atoms with Gasteiger partial charge in [-0.3, -0.25) is 0 Å². The first kappa shape index (κ1) is 5.43. The third-order valence-electron chi connectivity index (χ3n) is 0. The van der Waals surface area contributed by atoms with Gasteiger partial charge in [0.05, 0.1) is 0 Å². The minimum atomic E-state index is -4.10. The molecule has 0 fully saturated rings. The van der Waals surface area contributed by atoms with Crippen molar-refractivity contribution in [3.63, 3.8) is 0 Å². The van der Waals surface area contributed by atoms with Crippen LogP contribution in [0.3, 0.4) is 0 Å². The molecule has 5 heteroatoms. The summed E-state index contributed by atoms with van der Waals surface area (Å²) in [6, 6.07) is 0. The molecule has 5 heavy (non-hydrogen) atoms. The van der Waals surface area contributed by atoms with Gasteiger partial charge in [0.25, 0.3) is 0 Å². The fourth-order valence-corrected chi connectivity index (χ4v) is 0. The summed E-state index contributed by atoms with van der Waals surface area (Å²) in [5.41, 5.74) is 0. The van der Waals surface area contributed by atoms with E-state index >= 15 is 0 Å². The van der Waals surface area contributed by atoms with Gasteiger partial charge in [0.15, 0.2) is 0 Å². The first-order valence-electron chi connectivity index (χ1n) is 0.639. The van der Waals surface area contributed by atoms with E-state index in [1.165, 1.54) is 0 Å². The molecule has 0 bridgehead atoms. The third-order valence-corrected chi connectivity index (χ3v) is 0. The summed E-state index contributed by atoms with van der Waals surface area (Å²) in [6.45, 7) is 0. The van der Waals surface area contributed by atoms with Gasteiger partial charge in [-0.1, -0.05) is 0 Å². The summed E-state index contributed by atoms with van der Waals surface area (Å²) < 4.78 is 25.3. The van der Waals surface area contributed by atoms with E-state index in [9.17, 15) is 0 Å². The predicted molar refractivity (Wildman–Crippen MR) is 11.5 cm³/mol. The van der Waals surface area contributed by atoms with Gasteiger partial charge < -0.3 is 0 Å². The van der Waals surface area contributed by atoms with E-state index in [0.717, 1.165) is 0 Å². The SMILES string of the molecule is O=[S](=O)(O)[Cu]. The van der Waals surface area contributed by atoms with E-state index in [2.05, 4.69) is 14.9 Å². The van der Waals surface area contributed by atoms with Crippen LogP contribution in [0.25, 0.3) is 0 Å². The van der Waals surface area contributed by atoms with Crippen molar-refractivity contribution in [2.24, 2.45) is 0 Å². The van der Waals surface area contributed by atoms with E-state index < -0.39 is 8.54 Å². The summed E-state index contributed by atoms with van der Waals surface area (Å²) in [6.07, 6.45) is 0. The molecule has 0 aliphatic heterocycles. The van der Waals surface area contributed by atoms with Crippen LogP contribution in [0.5, 0.6) is 0 Å². The van der Waals surface area contributed by atoms with Gasteiger partial charge in [0, 0.05) is 0 Å². The van der Waals surface area contributed by atoms with Gasteiger partial charge in [0.1, 0.15) is 0 Å². The Morgan fingerprint density at radius 2 is 1.60 bits per heavy atom. The number of hydrogen-bond acceptors (Lipinski definition) is 2. The monoisotopic (exact) mass is 144 g/mol. The van der Waals surface area contributed by atoms with E-state index in [4.69, 9.17) is 13.0 Å². The molecule has 0 aromatic heterocycles. The Labute approximate surface area is 37.0 Å². The van der Waals surface area contributed by atoms with Crippen LogP contribution in [0.4, 0.5) is 0 Å². The molecular weight excluding hydrogens is 144 g/mol. The van der Waals surface area contributed by atoms with Crippen LogP contribution in [0.1, 0.15) is 0 Å². The summed E-state index contributed by atoms with van der Waals surface area (Å²) in [4.78, 5) is 0. The molecule has 3 nitrogen and oxygen atoms in total. The Balaban J connectivity index is 4.06. The second kappa shape index (κ2) is 1.26. The molecule has 36 valence electrons. The molecular formula is HCuO3S. The van der Waals surface area contributed by atoms with Crippen molar-refractivity contribution in [2.45, 2.75) is 0 Å². The van der Waals surface area contributed by atoms with Crippen molar-refractivity contribution < 1.29 is 27.9 Å². The standard InChI is InChI=1S/Cu.HO3S/c;1-4(2)3/h;(H,1,2,3). The van der Waals surface area contributed by atoms with E-state index in [1.807, 2.05) is 0 Å². The van der Waals surface area contributed by atoms with Crippen LogP contribution < -0.4 is 0 Å². The van der Waals surface area contributed by atoms with Crippen molar-refractivity contribution in [1.82, 2.24) is 0 Å². The van der Waals surface area contributed by atoms with Crippen molar-refractivity contribution in [3.8, 4) is 0 Å². The van der Waals surface area contributed by atoms with Gasteiger partial charge in [-0.2, -0.15) is 0 Å². The van der Waals surface area contributed by atoms with E-state index in [0.29, 0.717) is 0 Å². The van der Waals surface area contributed by atoms with Crippen molar-refractivity contribution >= 4 is 8.54 Å². The molecule has 1 N–H and O–H groups in total. The molecule has 0 aromatic carbocycles. The zero-order chi connectivity index (χ0) is 4.50. The van der Waals surface area contributed by atoms with Gasteiger partial charge >= 0.3 is 36.4 Å². The molecule has 0 radical (unpaired) electrons. The topological polar surface area (TPSA) is 54.4 Å². The molecule has 0 rings (SSSR count). The maximum absolute atomic E-state index is 8.99. The first-order valence-corrected chi connectivity index (χ1v) is 3.07. The second-order valence-corrected chi connectivity index (χ2v) is 2.58. The van der Waals surface area contributed by atoms with Crippen molar-refractivity contribution in [2.75, 3.05) is 0 Å². The molecule has 0 unspecified atom stereocenters.